The van der Waals surface area contributed by atoms with Gasteiger partial charge < -0.3 is 18.9 Å². The number of hydrogen-bond acceptors (Lipinski definition) is 10. The van der Waals surface area contributed by atoms with Crippen LogP contribution in [0.2, 0.25) is 0 Å². The van der Waals surface area contributed by atoms with Crippen molar-refractivity contribution in [1.82, 2.24) is 0 Å². The van der Waals surface area contributed by atoms with Crippen LogP contribution in [0, 0.1) is 0 Å². The smallest absolute Gasteiger partial charge is 0.311 e. The molecule has 0 atom stereocenters. The lowest BCUT2D eigenvalue weighted by molar-refractivity contribution is -0.135. The van der Waals surface area contributed by atoms with E-state index in [0.29, 0.717) is 103 Å². The van der Waals surface area contributed by atoms with Crippen molar-refractivity contribution in [2.45, 2.75) is 118 Å². The van der Waals surface area contributed by atoms with E-state index in [-0.39, 0.29) is 82.2 Å². The van der Waals surface area contributed by atoms with E-state index in [1.165, 1.54) is 85.6 Å². The van der Waals surface area contributed by atoms with Gasteiger partial charge in [-0.1, -0.05) is 213 Å². The average Bonchev–Trinajstić information content (AvgIpc) is 0.694. The third kappa shape index (κ3) is 11.1. The van der Waals surface area contributed by atoms with Crippen LogP contribution in [-0.2, 0) is 22.4 Å². The highest BCUT2D eigenvalue weighted by molar-refractivity contribution is 6.47. The number of benzene rings is 17. The fraction of sp³-hybridized carbons (Fsp3) is 0.180. The number of anilines is 2. The van der Waals surface area contributed by atoms with Gasteiger partial charge in [-0.05, 0) is 231 Å². The predicted octanol–water partition coefficient (Wildman–Crippen LogP) is 25.1. The number of nitrogens with zero attached hydrogens (tertiary/aromatic N) is 2. The Morgan fingerprint density at radius 1 is 0.295 bits per heavy atom. The molecular formula is C100H78N2O10. The molecule has 0 N–H and O–H groups in total. The number of imide groups is 2. The highest BCUT2D eigenvalue weighted by Gasteiger charge is 2.43. The van der Waals surface area contributed by atoms with Crippen LogP contribution in [0.4, 0.5) is 11.4 Å². The summed E-state index contributed by atoms with van der Waals surface area (Å²) in [6, 6.07) is 74.9. The first-order valence-corrected chi connectivity index (χ1v) is 38.9. The van der Waals surface area contributed by atoms with Gasteiger partial charge in [-0.25, -0.2) is 9.80 Å². The molecule has 0 radical (unpaired) electrons. The van der Waals surface area contributed by atoms with Gasteiger partial charge in [0.2, 0.25) is 0 Å². The highest BCUT2D eigenvalue weighted by Crippen LogP contribution is 2.55. The summed E-state index contributed by atoms with van der Waals surface area (Å²) in [5.74, 6) is -1.30. The molecule has 19 rings (SSSR count). The van der Waals surface area contributed by atoms with E-state index < -0.39 is 23.6 Å². The second-order valence-corrected chi connectivity index (χ2v) is 31.5. The molecule has 0 bridgehead atoms. The number of hydrogen-bond donors (Lipinski definition) is 0. The number of amides is 4. The molecule has 0 unspecified atom stereocenters. The molecule has 12 nitrogen and oxygen atoms in total. The van der Waals surface area contributed by atoms with Crippen molar-refractivity contribution in [1.29, 1.82) is 0 Å². The first-order valence-electron chi connectivity index (χ1n) is 38.9. The number of carbonyl (C=O) groups excluding carboxylic acids is 6. The molecule has 0 aliphatic carbocycles. The largest absolute Gasteiger partial charge is 0.457 e. The molecular weight excluding hydrogens is 1390 g/mol. The van der Waals surface area contributed by atoms with Crippen LogP contribution in [0.15, 0.2) is 231 Å². The van der Waals surface area contributed by atoms with Crippen molar-refractivity contribution in [2.24, 2.45) is 0 Å². The standard InChI is InChI=1S/C100H78N2O10/c1-53(2)69-21-13-22-70(54(3)4)95(69)101-97(105)77-49-47-75-92-82(110-66-39-43-68(44-40-66)112-84(104)26-12-16-58-28-30-64-34-32-60-18-10-20-62-36-46-74(58)88(64)86(60)62)52-80-90-78(98(106)102(100(80)108)96-71(55(5)6)23-14-24-72(96)56(7)8)50-48-76(94(90)92)91-81(51-79(99(101)107)89(77)93(75)91)109-65-37-41-67(42-38-65)111-83(103)25-11-15-57-27-29-63-33-31-59-17-9-19-61-35-45-73(57)87(63)85(59)61/h9-10,13-14,17-24,27-56H,11-12,15-16,25-26H2,1-8H3. The molecule has 0 saturated heterocycles. The van der Waals surface area contributed by atoms with Crippen molar-refractivity contribution in [3.63, 3.8) is 0 Å². The lowest BCUT2D eigenvalue weighted by Gasteiger charge is -2.34. The molecule has 0 fully saturated rings. The summed E-state index contributed by atoms with van der Waals surface area (Å²) in [6.07, 6.45) is 2.87. The Balaban J connectivity index is 0.706. The molecule has 0 aromatic heterocycles. The number of esters is 2. The van der Waals surface area contributed by atoms with Crippen LogP contribution in [0.5, 0.6) is 34.5 Å². The summed E-state index contributed by atoms with van der Waals surface area (Å²) < 4.78 is 26.4. The lowest BCUT2D eigenvalue weighted by Crippen LogP contribution is -2.42. The Morgan fingerprint density at radius 3 is 0.955 bits per heavy atom. The minimum atomic E-state index is -0.543. The molecule has 548 valence electrons. The van der Waals surface area contributed by atoms with E-state index >= 15 is 19.2 Å². The molecule has 17 aromatic rings. The van der Waals surface area contributed by atoms with Crippen molar-refractivity contribution in [3.8, 4) is 34.5 Å². The Kier molecular flexibility index (Phi) is 16.7. The first kappa shape index (κ1) is 69.4. The fourth-order valence-electron chi connectivity index (χ4n) is 18.1. The average molecular weight is 1470 g/mol. The summed E-state index contributed by atoms with van der Waals surface area (Å²) >= 11 is 0. The second-order valence-electron chi connectivity index (χ2n) is 31.5. The number of ether oxygens (including phenoxy) is 4. The van der Waals surface area contributed by atoms with Crippen LogP contribution in [-0.4, -0.2) is 35.6 Å². The molecule has 2 aliphatic heterocycles. The maximum absolute atomic E-state index is 16.1. The van der Waals surface area contributed by atoms with E-state index in [9.17, 15) is 9.59 Å². The molecule has 0 saturated carbocycles. The zero-order valence-corrected chi connectivity index (χ0v) is 63.5. The van der Waals surface area contributed by atoms with Gasteiger partial charge >= 0.3 is 11.9 Å². The highest BCUT2D eigenvalue weighted by atomic mass is 16.5. The van der Waals surface area contributed by atoms with Gasteiger partial charge in [-0.15, -0.1) is 0 Å². The normalized spacial score (nSPS) is 13.3. The molecule has 2 aliphatic rings. The Bertz CT molecular complexity index is 6350. The zero-order valence-electron chi connectivity index (χ0n) is 63.5. The number of para-hydroxylation sites is 2. The van der Waals surface area contributed by atoms with Crippen molar-refractivity contribution < 1.29 is 47.7 Å². The van der Waals surface area contributed by atoms with Crippen LogP contribution >= 0.6 is 0 Å². The van der Waals surface area contributed by atoms with Gasteiger partial charge in [-0.2, -0.15) is 0 Å². The first-order chi connectivity index (χ1) is 54.3. The summed E-state index contributed by atoms with van der Waals surface area (Å²) in [5.41, 5.74) is 7.79. The van der Waals surface area contributed by atoms with Gasteiger partial charge in [-0.3, -0.25) is 28.8 Å². The molecule has 0 spiro atoms. The van der Waals surface area contributed by atoms with Gasteiger partial charge in [0.15, 0.2) is 0 Å². The van der Waals surface area contributed by atoms with Crippen molar-refractivity contribution in [2.75, 3.05) is 9.80 Å². The third-order valence-electron chi connectivity index (χ3n) is 23.4. The number of rotatable bonds is 20. The second kappa shape index (κ2) is 26.9. The number of aryl methyl sites for hydroxylation is 2. The van der Waals surface area contributed by atoms with Crippen LogP contribution in [0.1, 0.15) is 180 Å². The van der Waals surface area contributed by atoms with Gasteiger partial charge in [0.1, 0.15) is 34.5 Å². The molecule has 112 heavy (non-hydrogen) atoms. The van der Waals surface area contributed by atoms with Crippen LogP contribution in [0.3, 0.4) is 0 Å². The van der Waals surface area contributed by atoms with Gasteiger partial charge in [0.25, 0.3) is 23.6 Å². The maximum Gasteiger partial charge on any atom is 0.311 e. The van der Waals surface area contributed by atoms with Crippen molar-refractivity contribution >= 4 is 155 Å². The van der Waals surface area contributed by atoms with E-state index in [2.05, 4.69) is 165 Å². The molecule has 17 aromatic carbocycles. The Morgan fingerprint density at radius 2 is 0.598 bits per heavy atom. The molecule has 4 amide bonds. The predicted molar refractivity (Wildman–Crippen MR) is 450 cm³/mol. The van der Waals surface area contributed by atoms with E-state index in [0.717, 1.165) is 22.3 Å². The quantitative estimate of drug-likeness (QED) is 0.0238. The summed E-state index contributed by atoms with van der Waals surface area (Å²) in [7, 11) is 0. The van der Waals surface area contributed by atoms with Crippen LogP contribution < -0.4 is 28.7 Å². The summed E-state index contributed by atoms with van der Waals surface area (Å²) in [4.78, 5) is 94.1. The monoisotopic (exact) mass is 1470 g/mol. The summed E-state index contributed by atoms with van der Waals surface area (Å²) in [5, 5.41) is 18.4. The SMILES string of the molecule is CC(C)c1cccc(C(C)C)c1N1C(=O)c2ccc3c4c(Oc5ccc(OC(=O)CCCc6ccc7ccc8cccc9ccc6c7c89)cc5)cc5c6c(ccc(c7c(Oc8ccc(OC(=O)CCCc9ccc%10ccc%11cccc%12ccc9c%10c%11%12)cc8)cc(c2c37)C1=O)c64)C(=O)N(c1c(C(C)C)cccc1C(C)C)C5=O. The molecule has 12 heteroatoms. The Labute approximate surface area is 646 Å². The Hall–Kier alpha value is -13.1. The van der Waals surface area contributed by atoms with E-state index in [1.807, 2.05) is 48.5 Å². The fourth-order valence-corrected chi connectivity index (χ4v) is 18.1. The molecule has 2 heterocycles. The van der Waals surface area contributed by atoms with Gasteiger partial charge in [0, 0.05) is 56.3 Å². The number of carbonyl (C=O) groups is 6. The van der Waals surface area contributed by atoms with E-state index in [1.54, 1.807) is 72.8 Å². The van der Waals surface area contributed by atoms with Gasteiger partial charge in [0.05, 0.1) is 22.5 Å². The maximum atomic E-state index is 16.1. The topological polar surface area (TPSA) is 146 Å². The summed E-state index contributed by atoms with van der Waals surface area (Å²) in [6.45, 7) is 16.4. The third-order valence-corrected chi connectivity index (χ3v) is 23.4. The van der Waals surface area contributed by atoms with Crippen molar-refractivity contribution in [3.05, 3.63) is 286 Å². The minimum Gasteiger partial charge on any atom is -0.457 e. The van der Waals surface area contributed by atoms with E-state index in [4.69, 9.17) is 18.9 Å². The zero-order chi connectivity index (χ0) is 76.8. The minimum absolute atomic E-state index is 0.0678. The lowest BCUT2D eigenvalue weighted by atomic mass is 9.80. The number of fused-ring (bicyclic) bond motifs is 2. The van der Waals surface area contributed by atoms with Crippen LogP contribution in [0.25, 0.3) is 108 Å².